The van der Waals surface area contributed by atoms with E-state index in [0.29, 0.717) is 43.0 Å². The lowest BCUT2D eigenvalue weighted by Crippen LogP contribution is -2.57. The van der Waals surface area contributed by atoms with Gasteiger partial charge in [-0.25, -0.2) is 4.39 Å². The van der Waals surface area contributed by atoms with Crippen molar-refractivity contribution in [2.24, 2.45) is 0 Å². The number of aliphatic hydroxyl groups is 1. The molecule has 0 saturated carbocycles. The summed E-state index contributed by atoms with van der Waals surface area (Å²) in [7, 11) is 3.31. The van der Waals surface area contributed by atoms with Gasteiger partial charge in [0.25, 0.3) is 5.91 Å². The maximum atomic E-state index is 14.1. The summed E-state index contributed by atoms with van der Waals surface area (Å²) in [4.78, 5) is 16.2. The first-order valence-corrected chi connectivity index (χ1v) is 8.83. The molecule has 1 aromatic heterocycles. The predicted octanol–water partition coefficient (Wildman–Crippen LogP) is 1.81. The van der Waals surface area contributed by atoms with Crippen LogP contribution in [0, 0.1) is 5.82 Å². The number of aromatic nitrogens is 1. The first kappa shape index (κ1) is 19.3. The van der Waals surface area contributed by atoms with Crippen LogP contribution in [0.1, 0.15) is 24.2 Å². The lowest BCUT2D eigenvalue weighted by Gasteiger charge is -2.40. The van der Waals surface area contributed by atoms with Gasteiger partial charge < -0.3 is 19.3 Å². The van der Waals surface area contributed by atoms with Crippen molar-refractivity contribution in [1.82, 2.24) is 15.0 Å². The average Bonchev–Trinajstić information content (AvgIpc) is 3.13. The summed E-state index contributed by atoms with van der Waals surface area (Å²) in [5, 5.41) is 14.6. The summed E-state index contributed by atoms with van der Waals surface area (Å²) in [5.74, 6) is 0.387. The molecule has 8 heteroatoms. The molecular weight excluding hydrogens is 353 g/mol. The first-order chi connectivity index (χ1) is 12.9. The van der Waals surface area contributed by atoms with Gasteiger partial charge in [-0.1, -0.05) is 5.16 Å². The molecule has 0 radical (unpaired) electrons. The van der Waals surface area contributed by atoms with Crippen molar-refractivity contribution < 1.29 is 23.6 Å². The molecule has 1 amide bonds. The van der Waals surface area contributed by atoms with Crippen LogP contribution in [0.25, 0.3) is 0 Å². The van der Waals surface area contributed by atoms with E-state index in [4.69, 9.17) is 9.26 Å². The van der Waals surface area contributed by atoms with Gasteiger partial charge >= 0.3 is 0 Å². The summed E-state index contributed by atoms with van der Waals surface area (Å²) in [6.45, 7) is 1.16. The van der Waals surface area contributed by atoms with E-state index in [9.17, 15) is 14.3 Å². The van der Waals surface area contributed by atoms with Crippen LogP contribution in [-0.4, -0.2) is 58.8 Å². The molecule has 0 aliphatic carbocycles. The third-order valence-electron chi connectivity index (χ3n) is 4.77. The van der Waals surface area contributed by atoms with Crippen LogP contribution in [0.15, 0.2) is 35.0 Å². The number of likely N-dealkylation sites (tertiary alicyclic amines) is 1. The third kappa shape index (κ3) is 4.45. The molecule has 0 spiro atoms. The second-order valence-electron chi connectivity index (χ2n) is 6.97. The van der Waals surface area contributed by atoms with Gasteiger partial charge in [-0.05, 0) is 38.1 Å². The highest BCUT2D eigenvalue weighted by Gasteiger charge is 2.43. The molecule has 1 aliphatic heterocycles. The molecule has 1 aliphatic rings. The van der Waals surface area contributed by atoms with Crippen LogP contribution in [0.2, 0.25) is 0 Å². The van der Waals surface area contributed by atoms with E-state index in [-0.39, 0.29) is 19.0 Å². The molecule has 1 aromatic carbocycles. The molecule has 3 rings (SSSR count). The molecule has 7 nitrogen and oxygen atoms in total. The van der Waals surface area contributed by atoms with Gasteiger partial charge in [-0.3, -0.25) is 9.69 Å². The summed E-state index contributed by atoms with van der Waals surface area (Å²) in [6.07, 6.45) is 2.56. The van der Waals surface area contributed by atoms with E-state index < -0.39 is 11.4 Å². The molecule has 0 bridgehead atoms. The summed E-state index contributed by atoms with van der Waals surface area (Å²) < 4.78 is 24.3. The molecule has 0 unspecified atom stereocenters. The number of nitrogens with zero attached hydrogens (tertiary/aromatic N) is 3. The van der Waals surface area contributed by atoms with Gasteiger partial charge in [0, 0.05) is 31.3 Å². The van der Waals surface area contributed by atoms with Crippen LogP contribution < -0.4 is 4.74 Å². The number of ether oxygens (including phenoxy) is 1. The summed E-state index contributed by atoms with van der Waals surface area (Å²) in [5.41, 5.74) is -1.15. The molecule has 1 saturated heterocycles. The molecule has 1 N–H and O–H groups in total. The third-order valence-corrected chi connectivity index (χ3v) is 4.77. The fourth-order valence-corrected chi connectivity index (χ4v) is 3.46. The molecule has 146 valence electrons. The Morgan fingerprint density at radius 3 is 2.96 bits per heavy atom. The molecular formula is C19H24FN3O4. The van der Waals surface area contributed by atoms with E-state index in [1.54, 1.807) is 25.4 Å². The lowest BCUT2D eigenvalue weighted by molar-refractivity contribution is -0.160. The second-order valence-corrected chi connectivity index (χ2v) is 6.97. The summed E-state index contributed by atoms with van der Waals surface area (Å²) >= 11 is 0. The van der Waals surface area contributed by atoms with Crippen LogP contribution >= 0.6 is 0 Å². The fraction of sp³-hybridized carbons (Fsp3) is 0.474. The van der Waals surface area contributed by atoms with Gasteiger partial charge in [0.05, 0.1) is 19.9 Å². The minimum absolute atomic E-state index is 0.0932. The minimum atomic E-state index is -1.51. The van der Waals surface area contributed by atoms with Crippen molar-refractivity contribution in [3.63, 3.8) is 0 Å². The van der Waals surface area contributed by atoms with Gasteiger partial charge in [0.1, 0.15) is 11.6 Å². The largest absolute Gasteiger partial charge is 0.497 e. The van der Waals surface area contributed by atoms with E-state index >= 15 is 0 Å². The Morgan fingerprint density at radius 1 is 1.44 bits per heavy atom. The van der Waals surface area contributed by atoms with Crippen LogP contribution in [-0.2, 0) is 17.9 Å². The number of hydrogen-bond donors (Lipinski definition) is 1. The number of carbonyl (C=O) groups excluding carboxylic acids is 1. The highest BCUT2D eigenvalue weighted by Crippen LogP contribution is 2.27. The lowest BCUT2D eigenvalue weighted by atomic mass is 9.90. The van der Waals surface area contributed by atoms with Crippen molar-refractivity contribution in [3.8, 4) is 5.75 Å². The van der Waals surface area contributed by atoms with Crippen molar-refractivity contribution in [2.75, 3.05) is 27.2 Å². The predicted molar refractivity (Wildman–Crippen MR) is 95.4 cm³/mol. The van der Waals surface area contributed by atoms with Gasteiger partial charge in [0.15, 0.2) is 11.4 Å². The zero-order chi connectivity index (χ0) is 19.4. The van der Waals surface area contributed by atoms with Gasteiger partial charge in [-0.2, -0.15) is 0 Å². The Kier molecular flexibility index (Phi) is 5.76. The number of likely N-dealkylation sites (N-methyl/N-ethyl adjacent to an activating group) is 1. The number of rotatable bonds is 7. The van der Waals surface area contributed by atoms with E-state index in [2.05, 4.69) is 5.16 Å². The number of piperidine rings is 1. The Morgan fingerprint density at radius 2 is 2.26 bits per heavy atom. The average molecular weight is 377 g/mol. The maximum absolute atomic E-state index is 14.1. The van der Waals surface area contributed by atoms with E-state index in [1.807, 2.05) is 4.90 Å². The van der Waals surface area contributed by atoms with Gasteiger partial charge in [0.2, 0.25) is 0 Å². The highest BCUT2D eigenvalue weighted by atomic mass is 19.1. The molecule has 1 atom stereocenters. The van der Waals surface area contributed by atoms with Crippen molar-refractivity contribution in [1.29, 1.82) is 0 Å². The Labute approximate surface area is 157 Å². The molecule has 2 aromatic rings. The summed E-state index contributed by atoms with van der Waals surface area (Å²) in [6, 6.07) is 6.17. The minimum Gasteiger partial charge on any atom is -0.497 e. The van der Waals surface area contributed by atoms with Crippen LogP contribution in [0.5, 0.6) is 5.75 Å². The zero-order valence-electron chi connectivity index (χ0n) is 15.5. The number of methoxy groups -OCH3 is 1. The maximum Gasteiger partial charge on any atom is 0.256 e. The number of hydrogen-bond acceptors (Lipinski definition) is 6. The van der Waals surface area contributed by atoms with E-state index in [1.165, 1.54) is 24.1 Å². The second kappa shape index (κ2) is 8.06. The van der Waals surface area contributed by atoms with Crippen molar-refractivity contribution >= 4 is 5.91 Å². The SMILES string of the molecule is COc1ccc(F)c(CN2CCC[C@](O)(CN(C)Cc3ccno3)C2=O)c1. The number of halogens is 1. The molecule has 1 fully saturated rings. The Balaban J connectivity index is 1.69. The fourth-order valence-electron chi connectivity index (χ4n) is 3.46. The molecule has 2 heterocycles. The van der Waals surface area contributed by atoms with Crippen LogP contribution in [0.3, 0.4) is 0 Å². The highest BCUT2D eigenvalue weighted by molar-refractivity contribution is 5.86. The normalized spacial score (nSPS) is 20.3. The standard InChI is InChI=1S/C19H24FN3O4/c1-22(12-16-6-8-21-27-16)13-19(25)7-3-9-23(18(19)24)11-14-10-15(26-2)4-5-17(14)20/h4-6,8,10,25H,3,7,9,11-13H2,1-2H3/t19-/m0/s1. The van der Waals surface area contributed by atoms with E-state index in [0.717, 1.165) is 0 Å². The number of amides is 1. The van der Waals surface area contributed by atoms with Gasteiger partial charge in [-0.15, -0.1) is 0 Å². The Hall–Kier alpha value is -2.45. The van der Waals surface area contributed by atoms with Crippen molar-refractivity contribution in [3.05, 3.63) is 47.6 Å². The number of benzene rings is 1. The topological polar surface area (TPSA) is 79.0 Å². The monoisotopic (exact) mass is 377 g/mol. The van der Waals surface area contributed by atoms with Crippen LogP contribution in [0.4, 0.5) is 4.39 Å². The van der Waals surface area contributed by atoms with Crippen molar-refractivity contribution in [2.45, 2.75) is 31.5 Å². The Bertz CT molecular complexity index is 783. The quantitative estimate of drug-likeness (QED) is 0.793. The smallest absolute Gasteiger partial charge is 0.256 e. The number of carbonyl (C=O) groups is 1. The first-order valence-electron chi connectivity index (χ1n) is 8.83. The molecule has 27 heavy (non-hydrogen) atoms. The zero-order valence-corrected chi connectivity index (χ0v) is 15.5.